The Bertz CT molecular complexity index is 1150. The van der Waals surface area contributed by atoms with Crippen molar-refractivity contribution in [2.24, 2.45) is 5.18 Å². The predicted molar refractivity (Wildman–Crippen MR) is 125 cm³/mol. The van der Waals surface area contributed by atoms with Crippen LogP contribution in [0.5, 0.6) is 23.0 Å². The number of unbranched alkanes of at least 4 members (excludes halogenated alkanes) is 3. The number of ether oxygens (including phenoxy) is 3. The van der Waals surface area contributed by atoms with E-state index in [1.54, 1.807) is 12.1 Å². The van der Waals surface area contributed by atoms with E-state index in [1.807, 2.05) is 13.8 Å². The highest BCUT2D eigenvalue weighted by atomic mass is 16.5. The van der Waals surface area contributed by atoms with E-state index in [2.05, 4.69) is 5.18 Å². The number of carboxylic acids is 1. The molecule has 0 fully saturated rings. The number of nitroso groups, excluding NO2 is 1. The van der Waals surface area contributed by atoms with Crippen LogP contribution in [0.3, 0.4) is 0 Å². The zero-order valence-electron chi connectivity index (χ0n) is 19.3. The zero-order chi connectivity index (χ0) is 24.8. The first-order valence-electron chi connectivity index (χ1n) is 11.1. The van der Waals surface area contributed by atoms with Crippen LogP contribution in [0.4, 0.5) is 5.69 Å². The number of cyclic esters (lactones) is 1. The molecule has 0 saturated carbocycles. The van der Waals surface area contributed by atoms with Crippen molar-refractivity contribution in [3.05, 3.63) is 51.4 Å². The normalized spacial score (nSPS) is 13.5. The van der Waals surface area contributed by atoms with Crippen LogP contribution in [-0.2, 0) is 11.2 Å². The molecule has 0 radical (unpaired) electrons. The second-order valence-electron chi connectivity index (χ2n) is 7.85. The highest BCUT2D eigenvalue weighted by Gasteiger charge is 2.33. The lowest BCUT2D eigenvalue weighted by Crippen LogP contribution is -2.07. The van der Waals surface area contributed by atoms with Gasteiger partial charge in [-0.2, -0.15) is 0 Å². The number of carbonyl (C=O) groups is 2. The number of phenols is 1. The van der Waals surface area contributed by atoms with Crippen LogP contribution < -0.4 is 9.47 Å². The summed E-state index contributed by atoms with van der Waals surface area (Å²) in [5.74, 6) is -1.94. The van der Waals surface area contributed by atoms with Gasteiger partial charge < -0.3 is 24.4 Å². The Morgan fingerprint density at radius 3 is 2.56 bits per heavy atom. The minimum atomic E-state index is -1.37. The lowest BCUT2D eigenvalue weighted by atomic mass is 9.97. The van der Waals surface area contributed by atoms with Crippen molar-refractivity contribution in [3.63, 3.8) is 0 Å². The molecule has 2 aromatic rings. The van der Waals surface area contributed by atoms with Gasteiger partial charge in [0, 0.05) is 23.3 Å². The number of aromatic hydroxyl groups is 1. The van der Waals surface area contributed by atoms with Gasteiger partial charge in [0.25, 0.3) is 0 Å². The van der Waals surface area contributed by atoms with Gasteiger partial charge in [0.05, 0.1) is 7.11 Å². The van der Waals surface area contributed by atoms with E-state index >= 15 is 0 Å². The molecular weight excluding hydrogens is 442 g/mol. The van der Waals surface area contributed by atoms with Gasteiger partial charge in [-0.15, -0.1) is 4.91 Å². The first kappa shape index (κ1) is 24.8. The van der Waals surface area contributed by atoms with Crippen molar-refractivity contribution in [1.29, 1.82) is 0 Å². The van der Waals surface area contributed by atoms with Crippen LogP contribution in [0.1, 0.15) is 77.8 Å². The molecule has 0 aromatic heterocycles. The average Bonchev–Trinajstić information content (AvgIpc) is 3.13. The molecule has 2 N–H and O–H groups in total. The maximum absolute atomic E-state index is 12.7. The molecule has 9 nitrogen and oxygen atoms in total. The van der Waals surface area contributed by atoms with E-state index in [-0.39, 0.29) is 40.3 Å². The van der Waals surface area contributed by atoms with Crippen molar-refractivity contribution in [1.82, 2.24) is 0 Å². The number of aromatic carboxylic acids is 1. The molecule has 1 aliphatic rings. The maximum atomic E-state index is 12.7. The first-order valence-corrected chi connectivity index (χ1v) is 11.1. The Kier molecular flexibility index (Phi) is 7.88. The van der Waals surface area contributed by atoms with Crippen molar-refractivity contribution in [2.75, 3.05) is 7.11 Å². The Labute approximate surface area is 196 Å². The van der Waals surface area contributed by atoms with Gasteiger partial charge in [-0.25, -0.2) is 9.59 Å². The Hall–Kier alpha value is -3.88. The molecule has 0 unspecified atom stereocenters. The molecular formula is C25H27NO8. The first-order chi connectivity index (χ1) is 16.4. The van der Waals surface area contributed by atoms with Crippen molar-refractivity contribution >= 4 is 23.4 Å². The summed E-state index contributed by atoms with van der Waals surface area (Å²) in [7, 11) is 1.45. The third kappa shape index (κ3) is 4.88. The number of allylic oxidation sites excluding steroid dienone is 1. The van der Waals surface area contributed by atoms with E-state index in [1.165, 1.54) is 13.2 Å². The summed E-state index contributed by atoms with van der Waals surface area (Å²) in [5.41, 5.74) is 0.0747. The molecule has 1 aliphatic heterocycles. The standard InChI is InChI=1S/C25H27NO8/c1-4-6-8-9-15-21(24(28)29)18(27)13-17(26-31)23(15)33-20-12-14(32-3)11-16-19(10-7-5-2)34-25(30)22(16)20/h10-13,27H,4-9H2,1-3H3,(H,28,29)/b19-10+. The molecule has 0 atom stereocenters. The van der Waals surface area contributed by atoms with Gasteiger partial charge >= 0.3 is 11.9 Å². The van der Waals surface area contributed by atoms with Gasteiger partial charge in [0.15, 0.2) is 11.4 Å². The van der Waals surface area contributed by atoms with E-state index in [4.69, 9.17) is 14.2 Å². The predicted octanol–water partition coefficient (Wildman–Crippen LogP) is 6.33. The highest BCUT2D eigenvalue weighted by Crippen LogP contribution is 2.46. The smallest absolute Gasteiger partial charge is 0.348 e. The number of carboxylic acid groups (broad SMARTS) is 1. The number of fused-ring (bicyclic) bond motifs is 1. The molecule has 1 heterocycles. The monoisotopic (exact) mass is 469 g/mol. The molecule has 3 rings (SSSR count). The summed E-state index contributed by atoms with van der Waals surface area (Å²) in [5, 5.41) is 22.9. The molecule has 0 saturated heterocycles. The number of hydrogen-bond acceptors (Lipinski definition) is 8. The Balaban J connectivity index is 2.22. The third-order valence-corrected chi connectivity index (χ3v) is 5.49. The largest absolute Gasteiger partial charge is 0.507 e. The van der Waals surface area contributed by atoms with E-state index in [0.717, 1.165) is 25.3 Å². The van der Waals surface area contributed by atoms with Gasteiger partial charge in [-0.1, -0.05) is 33.1 Å². The topological polar surface area (TPSA) is 132 Å². The number of rotatable bonds is 11. The SMILES string of the molecule is CCC/C=C1/OC(=O)c2c(Oc3c(N=O)cc(O)c(C(=O)O)c3CCCCC)cc(OC)cc21. The second kappa shape index (κ2) is 10.8. The number of benzene rings is 2. The van der Waals surface area contributed by atoms with Crippen LogP contribution in [-0.4, -0.2) is 29.3 Å². The fourth-order valence-electron chi connectivity index (χ4n) is 3.84. The van der Waals surface area contributed by atoms with Crippen molar-refractivity contribution < 1.29 is 34.0 Å². The van der Waals surface area contributed by atoms with Gasteiger partial charge in [-0.3, -0.25) is 0 Å². The number of carbonyl (C=O) groups excluding carboxylic acids is 1. The van der Waals surface area contributed by atoms with Crippen molar-refractivity contribution in [2.45, 2.75) is 52.4 Å². The summed E-state index contributed by atoms with van der Waals surface area (Å²) in [6.45, 7) is 3.99. The lowest BCUT2D eigenvalue weighted by Gasteiger charge is -2.17. The molecule has 0 amide bonds. The Morgan fingerprint density at radius 2 is 1.94 bits per heavy atom. The van der Waals surface area contributed by atoms with Gasteiger partial charge in [-0.05, 0) is 36.6 Å². The Morgan fingerprint density at radius 1 is 1.18 bits per heavy atom. The van der Waals surface area contributed by atoms with Gasteiger partial charge in [0.1, 0.15) is 34.1 Å². The number of nitrogens with zero attached hydrogens (tertiary/aromatic N) is 1. The molecule has 9 heteroatoms. The number of esters is 1. The van der Waals surface area contributed by atoms with E-state index < -0.39 is 17.7 Å². The van der Waals surface area contributed by atoms with E-state index in [0.29, 0.717) is 29.9 Å². The molecule has 0 bridgehead atoms. The van der Waals surface area contributed by atoms with Crippen LogP contribution in [0.25, 0.3) is 5.76 Å². The minimum Gasteiger partial charge on any atom is -0.507 e. The highest BCUT2D eigenvalue weighted by molar-refractivity contribution is 6.06. The lowest BCUT2D eigenvalue weighted by molar-refractivity contribution is 0.0686. The van der Waals surface area contributed by atoms with Crippen molar-refractivity contribution in [3.8, 4) is 23.0 Å². The number of hydrogen-bond donors (Lipinski definition) is 2. The summed E-state index contributed by atoms with van der Waals surface area (Å²) in [4.78, 5) is 36.3. The van der Waals surface area contributed by atoms with Crippen LogP contribution >= 0.6 is 0 Å². The quantitative estimate of drug-likeness (QED) is 0.221. The van der Waals surface area contributed by atoms with Crippen LogP contribution in [0.15, 0.2) is 29.5 Å². The molecule has 0 aliphatic carbocycles. The molecule has 2 aromatic carbocycles. The summed E-state index contributed by atoms with van der Waals surface area (Å²) < 4.78 is 16.8. The van der Waals surface area contributed by atoms with Crippen LogP contribution in [0.2, 0.25) is 0 Å². The maximum Gasteiger partial charge on any atom is 0.348 e. The summed E-state index contributed by atoms with van der Waals surface area (Å²) >= 11 is 0. The second-order valence-corrected chi connectivity index (χ2v) is 7.85. The van der Waals surface area contributed by atoms with Gasteiger partial charge in [0.2, 0.25) is 0 Å². The van der Waals surface area contributed by atoms with Crippen LogP contribution in [0, 0.1) is 4.91 Å². The molecule has 180 valence electrons. The van der Waals surface area contributed by atoms with E-state index in [9.17, 15) is 24.7 Å². The average molecular weight is 469 g/mol. The fourth-order valence-corrected chi connectivity index (χ4v) is 3.84. The molecule has 0 spiro atoms. The number of methoxy groups -OCH3 is 1. The zero-order valence-corrected chi connectivity index (χ0v) is 19.3. The minimum absolute atomic E-state index is 0.0305. The summed E-state index contributed by atoms with van der Waals surface area (Å²) in [6.07, 6.45) is 5.82. The fraction of sp³-hybridized carbons (Fsp3) is 0.360. The third-order valence-electron chi connectivity index (χ3n) is 5.49. The summed E-state index contributed by atoms with van der Waals surface area (Å²) in [6, 6.07) is 4.05. The molecule has 34 heavy (non-hydrogen) atoms.